The van der Waals surface area contributed by atoms with Crippen molar-refractivity contribution in [2.24, 2.45) is 4.99 Å². The minimum Gasteiger partial charge on any atom is -0.347 e. The Morgan fingerprint density at radius 2 is 1.67 bits per heavy atom. The van der Waals surface area contributed by atoms with E-state index in [2.05, 4.69) is 51.6 Å². The van der Waals surface area contributed by atoms with Gasteiger partial charge >= 0.3 is 0 Å². The molecule has 2 aromatic rings. The number of anilines is 1. The van der Waals surface area contributed by atoms with Gasteiger partial charge in [-0.2, -0.15) is 0 Å². The summed E-state index contributed by atoms with van der Waals surface area (Å²) < 4.78 is 0. The van der Waals surface area contributed by atoms with E-state index >= 15 is 0 Å². The molecular formula is C21H25IN4O. The van der Waals surface area contributed by atoms with Gasteiger partial charge in [0.05, 0.1) is 6.54 Å². The number of hydrogen-bond donors (Lipinski definition) is 1. The van der Waals surface area contributed by atoms with E-state index in [1.165, 1.54) is 22.4 Å². The Kier molecular flexibility index (Phi) is 6.36. The lowest BCUT2D eigenvalue weighted by Gasteiger charge is -2.30. The molecule has 0 atom stereocenters. The second-order valence-corrected chi connectivity index (χ2v) is 6.77. The Morgan fingerprint density at radius 3 is 2.44 bits per heavy atom. The summed E-state index contributed by atoms with van der Waals surface area (Å²) in [6.45, 7) is 2.64. The number of nitrogens with zero attached hydrogens (tertiary/aromatic N) is 3. The van der Waals surface area contributed by atoms with Crippen molar-refractivity contribution in [2.75, 3.05) is 31.6 Å². The summed E-state index contributed by atoms with van der Waals surface area (Å²) in [5.41, 5.74) is 5.12. The number of fused-ring (bicyclic) bond motifs is 2. The van der Waals surface area contributed by atoms with E-state index in [1.807, 2.05) is 17.0 Å². The zero-order valence-corrected chi connectivity index (χ0v) is 17.8. The van der Waals surface area contributed by atoms with Crippen LogP contribution in [0.25, 0.3) is 0 Å². The minimum atomic E-state index is 0. The van der Waals surface area contributed by atoms with Crippen LogP contribution in [0.2, 0.25) is 0 Å². The van der Waals surface area contributed by atoms with E-state index in [9.17, 15) is 4.79 Å². The Balaban J connectivity index is 0.00000210. The van der Waals surface area contributed by atoms with Crippen LogP contribution >= 0.6 is 24.0 Å². The van der Waals surface area contributed by atoms with Crippen LogP contribution in [0.4, 0.5) is 5.69 Å². The summed E-state index contributed by atoms with van der Waals surface area (Å²) in [4.78, 5) is 21.2. The van der Waals surface area contributed by atoms with Gasteiger partial charge in [0.2, 0.25) is 5.91 Å². The number of para-hydroxylation sites is 1. The molecular weight excluding hydrogens is 451 g/mol. The molecule has 2 aromatic carbocycles. The molecule has 0 radical (unpaired) electrons. The van der Waals surface area contributed by atoms with Gasteiger partial charge in [0, 0.05) is 32.4 Å². The van der Waals surface area contributed by atoms with Crippen LogP contribution in [0.1, 0.15) is 16.7 Å². The molecule has 142 valence electrons. The maximum atomic E-state index is 12.7. The molecule has 0 bridgehead atoms. The number of guanidine groups is 1. The molecule has 2 aliphatic heterocycles. The minimum absolute atomic E-state index is 0. The highest BCUT2D eigenvalue weighted by Gasteiger charge is 2.24. The van der Waals surface area contributed by atoms with E-state index in [0.29, 0.717) is 6.54 Å². The first-order chi connectivity index (χ1) is 12.8. The summed E-state index contributed by atoms with van der Waals surface area (Å²) in [5.74, 6) is 0.883. The number of carbonyl (C=O) groups is 1. The fourth-order valence-electron chi connectivity index (χ4n) is 3.83. The molecule has 1 N–H and O–H groups in total. The number of carbonyl (C=O) groups excluding carboxylic acids is 1. The highest BCUT2D eigenvalue weighted by molar-refractivity contribution is 14.0. The molecule has 0 saturated carbocycles. The average Bonchev–Trinajstić information content (AvgIpc) is 3.12. The molecule has 0 unspecified atom stereocenters. The number of aliphatic imine (C=N–C) groups is 1. The highest BCUT2D eigenvalue weighted by atomic mass is 127. The zero-order chi connectivity index (χ0) is 17.9. The van der Waals surface area contributed by atoms with E-state index in [-0.39, 0.29) is 36.4 Å². The normalized spacial score (nSPS) is 15.7. The van der Waals surface area contributed by atoms with E-state index < -0.39 is 0 Å². The lowest BCUT2D eigenvalue weighted by molar-refractivity contribution is -0.130. The molecule has 0 aromatic heterocycles. The number of halogens is 1. The van der Waals surface area contributed by atoms with Gasteiger partial charge < -0.3 is 15.1 Å². The predicted octanol–water partition coefficient (Wildman–Crippen LogP) is 2.83. The van der Waals surface area contributed by atoms with E-state index in [1.54, 1.807) is 7.05 Å². The molecule has 0 fully saturated rings. The first-order valence-corrected chi connectivity index (χ1v) is 9.17. The van der Waals surface area contributed by atoms with Crippen LogP contribution in [0.15, 0.2) is 53.5 Å². The maximum Gasteiger partial charge on any atom is 0.242 e. The third-order valence-corrected chi connectivity index (χ3v) is 5.24. The molecule has 0 spiro atoms. The Bertz CT molecular complexity index is 852. The molecule has 4 rings (SSSR count). The Morgan fingerprint density at radius 1 is 1.00 bits per heavy atom. The van der Waals surface area contributed by atoms with Crippen LogP contribution in [0.5, 0.6) is 0 Å². The number of rotatable bonds is 2. The van der Waals surface area contributed by atoms with Crippen LogP contribution < -0.4 is 10.2 Å². The lowest BCUT2D eigenvalue weighted by atomic mass is 10.00. The van der Waals surface area contributed by atoms with Gasteiger partial charge in [0.1, 0.15) is 0 Å². The van der Waals surface area contributed by atoms with Crippen molar-refractivity contribution in [3.63, 3.8) is 0 Å². The fourth-order valence-corrected chi connectivity index (χ4v) is 3.83. The van der Waals surface area contributed by atoms with Gasteiger partial charge in [-0.25, -0.2) is 0 Å². The predicted molar refractivity (Wildman–Crippen MR) is 120 cm³/mol. The van der Waals surface area contributed by atoms with E-state index in [0.717, 1.165) is 31.9 Å². The zero-order valence-electron chi connectivity index (χ0n) is 15.5. The second kappa shape index (κ2) is 8.73. The maximum absolute atomic E-state index is 12.7. The van der Waals surface area contributed by atoms with Crippen LogP contribution in [-0.2, 0) is 24.2 Å². The third-order valence-electron chi connectivity index (χ3n) is 5.24. The molecule has 27 heavy (non-hydrogen) atoms. The van der Waals surface area contributed by atoms with Gasteiger partial charge in [-0.3, -0.25) is 9.79 Å². The van der Waals surface area contributed by atoms with E-state index in [4.69, 9.17) is 0 Å². The van der Waals surface area contributed by atoms with Crippen molar-refractivity contribution in [1.29, 1.82) is 0 Å². The topological polar surface area (TPSA) is 47.9 Å². The first-order valence-electron chi connectivity index (χ1n) is 9.17. The van der Waals surface area contributed by atoms with Crippen LogP contribution in [0, 0.1) is 0 Å². The quantitative estimate of drug-likeness (QED) is 0.412. The van der Waals surface area contributed by atoms with Crippen molar-refractivity contribution in [1.82, 2.24) is 10.2 Å². The number of amides is 1. The Labute approximate surface area is 177 Å². The Hall–Kier alpha value is -2.09. The van der Waals surface area contributed by atoms with Crippen LogP contribution in [0.3, 0.4) is 0 Å². The number of benzene rings is 2. The van der Waals surface area contributed by atoms with Crippen LogP contribution in [-0.4, -0.2) is 43.4 Å². The highest BCUT2D eigenvalue weighted by Crippen LogP contribution is 2.27. The average molecular weight is 476 g/mol. The van der Waals surface area contributed by atoms with Gasteiger partial charge in [0.25, 0.3) is 0 Å². The first kappa shape index (κ1) is 19.7. The molecule has 0 saturated heterocycles. The molecule has 6 heteroatoms. The number of hydrogen-bond acceptors (Lipinski definition) is 2. The molecule has 2 aliphatic rings. The van der Waals surface area contributed by atoms with Crippen molar-refractivity contribution < 1.29 is 4.79 Å². The summed E-state index contributed by atoms with van der Waals surface area (Å²) in [5, 5.41) is 3.26. The molecule has 5 nitrogen and oxygen atoms in total. The lowest BCUT2D eigenvalue weighted by Crippen LogP contribution is -2.47. The van der Waals surface area contributed by atoms with Gasteiger partial charge in [-0.1, -0.05) is 42.5 Å². The molecule has 0 aliphatic carbocycles. The fraction of sp³-hybridized carbons (Fsp3) is 0.333. The molecule has 2 heterocycles. The molecule has 1 amide bonds. The second-order valence-electron chi connectivity index (χ2n) is 6.77. The van der Waals surface area contributed by atoms with Crippen molar-refractivity contribution in [2.45, 2.75) is 19.4 Å². The monoisotopic (exact) mass is 476 g/mol. The SMILES string of the molecule is CN=C(NCC(=O)N1CCc2ccccc2C1)N1CCc2ccccc21.I. The summed E-state index contributed by atoms with van der Waals surface area (Å²) >= 11 is 0. The summed E-state index contributed by atoms with van der Waals surface area (Å²) in [6.07, 6.45) is 1.93. The summed E-state index contributed by atoms with van der Waals surface area (Å²) in [7, 11) is 1.77. The number of nitrogens with one attached hydrogen (secondary N) is 1. The van der Waals surface area contributed by atoms with Crippen molar-refractivity contribution in [3.8, 4) is 0 Å². The van der Waals surface area contributed by atoms with Gasteiger partial charge in [0.15, 0.2) is 5.96 Å². The third kappa shape index (κ3) is 4.10. The summed E-state index contributed by atoms with van der Waals surface area (Å²) in [6, 6.07) is 16.7. The van der Waals surface area contributed by atoms with Crippen molar-refractivity contribution >= 4 is 41.5 Å². The van der Waals surface area contributed by atoms with Gasteiger partial charge in [-0.15, -0.1) is 24.0 Å². The standard InChI is InChI=1S/C21H24N4O.HI/c1-22-21(25-13-11-17-7-4-5-9-19(17)25)23-14-20(26)24-12-10-16-6-2-3-8-18(16)15-24;/h2-9H,10-15H2,1H3,(H,22,23);1H. The smallest absolute Gasteiger partial charge is 0.242 e. The van der Waals surface area contributed by atoms with Crippen molar-refractivity contribution in [3.05, 3.63) is 65.2 Å². The van der Waals surface area contributed by atoms with Gasteiger partial charge in [-0.05, 0) is 35.6 Å². The largest absolute Gasteiger partial charge is 0.347 e.